The van der Waals surface area contributed by atoms with Gasteiger partial charge in [-0.15, -0.1) is 11.3 Å². The van der Waals surface area contributed by atoms with Gasteiger partial charge in [0.15, 0.2) is 0 Å². The van der Waals surface area contributed by atoms with Crippen LogP contribution in [0.1, 0.15) is 30.5 Å². The molecule has 0 aliphatic rings. The van der Waals surface area contributed by atoms with E-state index >= 15 is 0 Å². The monoisotopic (exact) mass is 389 g/mol. The molecule has 0 radical (unpaired) electrons. The Morgan fingerprint density at radius 3 is 2.28 bits per heavy atom. The molecular weight excluding hydrogens is 371 g/mol. The van der Waals surface area contributed by atoms with Crippen LogP contribution in [0.4, 0.5) is 23.7 Å². The number of hydrogen-bond donors (Lipinski definition) is 2. The summed E-state index contributed by atoms with van der Waals surface area (Å²) in [5, 5.41) is 2.48. The summed E-state index contributed by atoms with van der Waals surface area (Å²) in [5.41, 5.74) is -0.368. The van der Waals surface area contributed by atoms with Gasteiger partial charge in [0, 0.05) is 16.2 Å². The minimum absolute atomic E-state index is 0.0612. The van der Waals surface area contributed by atoms with Gasteiger partial charge in [0.2, 0.25) is 0 Å². The molecule has 0 aliphatic carbocycles. The van der Waals surface area contributed by atoms with Gasteiger partial charge < -0.3 is 4.74 Å². The Morgan fingerprint density at radius 1 is 1.20 bits per heavy atom. The first-order valence-electron chi connectivity index (χ1n) is 7.42. The van der Waals surface area contributed by atoms with Gasteiger partial charge in [-0.3, -0.25) is 5.32 Å². The third kappa shape index (κ3) is 4.92. The molecule has 0 bridgehead atoms. The predicted octanol–water partition coefficient (Wildman–Crippen LogP) is 6.21. The Labute approximate surface area is 153 Å². The van der Waals surface area contributed by atoms with Gasteiger partial charge in [-0.05, 0) is 26.3 Å². The fourth-order valence-corrected chi connectivity index (χ4v) is 3.56. The Balaban J connectivity index is 2.57. The third-order valence-electron chi connectivity index (χ3n) is 3.07. The largest absolute Gasteiger partial charge is 0.444 e. The summed E-state index contributed by atoms with van der Waals surface area (Å²) in [4.78, 5) is 11.7. The zero-order valence-corrected chi connectivity index (χ0v) is 15.6. The lowest BCUT2D eigenvalue weighted by Crippen LogP contribution is -2.27. The van der Waals surface area contributed by atoms with Crippen LogP contribution >= 0.6 is 24.0 Å². The van der Waals surface area contributed by atoms with Gasteiger partial charge in [-0.2, -0.15) is 25.8 Å². The SMILES string of the molecule is CC(C)(C)OC(=O)Nc1c(CS)sc(C(F)(F)F)c1-c1ccccc1. The normalized spacial score (nSPS) is 12.1. The second kappa shape index (κ2) is 7.29. The van der Waals surface area contributed by atoms with Crippen LogP contribution in [-0.4, -0.2) is 11.7 Å². The van der Waals surface area contributed by atoms with Crippen LogP contribution in [0, 0.1) is 0 Å². The van der Waals surface area contributed by atoms with Crippen molar-refractivity contribution in [2.24, 2.45) is 0 Å². The summed E-state index contributed by atoms with van der Waals surface area (Å²) < 4.78 is 45.7. The Bertz CT molecular complexity index is 750. The zero-order chi connectivity index (χ0) is 18.8. The number of halogens is 3. The number of carbonyl (C=O) groups is 1. The number of ether oxygens (including phenoxy) is 1. The molecule has 0 aliphatic heterocycles. The fourth-order valence-electron chi connectivity index (χ4n) is 2.21. The molecule has 136 valence electrons. The van der Waals surface area contributed by atoms with Crippen molar-refractivity contribution in [1.29, 1.82) is 0 Å². The van der Waals surface area contributed by atoms with Gasteiger partial charge in [-0.1, -0.05) is 30.3 Å². The number of thiol groups is 1. The van der Waals surface area contributed by atoms with Gasteiger partial charge in [0.05, 0.1) is 5.69 Å². The van der Waals surface area contributed by atoms with E-state index in [0.717, 1.165) is 0 Å². The van der Waals surface area contributed by atoms with E-state index in [1.54, 1.807) is 51.1 Å². The molecule has 0 unspecified atom stereocenters. The highest BCUT2D eigenvalue weighted by Crippen LogP contribution is 2.48. The van der Waals surface area contributed by atoms with E-state index in [-0.39, 0.29) is 17.0 Å². The number of amides is 1. The van der Waals surface area contributed by atoms with Gasteiger partial charge in [0.25, 0.3) is 0 Å². The highest BCUT2D eigenvalue weighted by Gasteiger charge is 2.39. The Hall–Kier alpha value is -1.67. The number of anilines is 1. The molecule has 0 atom stereocenters. The highest BCUT2D eigenvalue weighted by molar-refractivity contribution is 7.79. The lowest BCUT2D eigenvalue weighted by Gasteiger charge is -2.20. The van der Waals surface area contributed by atoms with E-state index in [1.807, 2.05) is 0 Å². The van der Waals surface area contributed by atoms with Crippen LogP contribution in [0.2, 0.25) is 0 Å². The molecule has 25 heavy (non-hydrogen) atoms. The van der Waals surface area contributed by atoms with E-state index in [9.17, 15) is 18.0 Å². The smallest absolute Gasteiger partial charge is 0.426 e. The first kappa shape index (κ1) is 19.7. The maximum Gasteiger partial charge on any atom is 0.426 e. The van der Waals surface area contributed by atoms with Crippen molar-refractivity contribution in [3.63, 3.8) is 0 Å². The minimum Gasteiger partial charge on any atom is -0.444 e. The van der Waals surface area contributed by atoms with E-state index in [2.05, 4.69) is 17.9 Å². The molecule has 8 heteroatoms. The van der Waals surface area contributed by atoms with E-state index in [0.29, 0.717) is 21.8 Å². The lowest BCUT2D eigenvalue weighted by atomic mass is 10.0. The van der Waals surface area contributed by atoms with Gasteiger partial charge in [-0.25, -0.2) is 4.79 Å². The molecule has 0 saturated heterocycles. The maximum atomic E-state index is 13.5. The summed E-state index contributed by atoms with van der Waals surface area (Å²) in [6.07, 6.45) is -5.35. The van der Waals surface area contributed by atoms with Crippen LogP contribution in [0.25, 0.3) is 11.1 Å². The van der Waals surface area contributed by atoms with Crippen molar-refractivity contribution in [2.45, 2.75) is 38.3 Å². The average Bonchev–Trinajstić information content (AvgIpc) is 2.84. The molecule has 1 amide bonds. The predicted molar refractivity (Wildman–Crippen MR) is 97.3 cm³/mol. The van der Waals surface area contributed by atoms with Crippen molar-refractivity contribution in [1.82, 2.24) is 0 Å². The average molecular weight is 389 g/mol. The molecule has 2 aromatic rings. The van der Waals surface area contributed by atoms with Crippen LogP contribution in [-0.2, 0) is 16.7 Å². The molecule has 3 nitrogen and oxygen atoms in total. The van der Waals surface area contributed by atoms with Crippen LogP contribution in [0.15, 0.2) is 30.3 Å². The quantitative estimate of drug-likeness (QED) is 0.613. The van der Waals surface area contributed by atoms with Crippen molar-refractivity contribution >= 4 is 35.7 Å². The van der Waals surface area contributed by atoms with E-state index < -0.39 is 22.7 Å². The molecule has 1 heterocycles. The second-order valence-electron chi connectivity index (χ2n) is 6.25. The first-order valence-corrected chi connectivity index (χ1v) is 8.87. The summed E-state index contributed by atoms with van der Waals surface area (Å²) >= 11 is 4.68. The van der Waals surface area contributed by atoms with E-state index in [1.165, 1.54) is 0 Å². The standard InChI is InChI=1S/C17H18F3NO2S2/c1-16(2,3)23-15(22)21-13-11(9-24)25-14(17(18,19)20)12(13)10-7-5-4-6-8-10/h4-8,24H,9H2,1-3H3,(H,21,22). The topological polar surface area (TPSA) is 38.3 Å². The van der Waals surface area contributed by atoms with Gasteiger partial charge >= 0.3 is 12.3 Å². The number of thiophene rings is 1. The number of hydrogen-bond acceptors (Lipinski definition) is 4. The van der Waals surface area contributed by atoms with Crippen molar-refractivity contribution in [3.05, 3.63) is 40.1 Å². The Morgan fingerprint density at radius 2 is 1.80 bits per heavy atom. The zero-order valence-electron chi connectivity index (χ0n) is 13.9. The lowest BCUT2D eigenvalue weighted by molar-refractivity contribution is -0.133. The molecule has 2 rings (SSSR count). The summed E-state index contributed by atoms with van der Waals surface area (Å²) in [5.74, 6) is 0.0612. The number of rotatable bonds is 3. The third-order valence-corrected chi connectivity index (χ3v) is 4.84. The molecule has 0 fully saturated rings. The van der Waals surface area contributed by atoms with Crippen LogP contribution < -0.4 is 5.32 Å². The number of carbonyl (C=O) groups excluding carboxylic acids is 1. The Kier molecular flexibility index (Phi) is 5.73. The van der Waals surface area contributed by atoms with Gasteiger partial charge in [0.1, 0.15) is 10.5 Å². The highest BCUT2D eigenvalue weighted by atomic mass is 32.1. The maximum absolute atomic E-state index is 13.5. The van der Waals surface area contributed by atoms with Crippen LogP contribution in [0.3, 0.4) is 0 Å². The summed E-state index contributed by atoms with van der Waals surface area (Å²) in [6.45, 7) is 5.04. The number of benzene rings is 1. The number of nitrogens with one attached hydrogen (secondary N) is 1. The molecule has 1 N–H and O–H groups in total. The molecule has 0 spiro atoms. The summed E-state index contributed by atoms with van der Waals surface area (Å²) in [7, 11) is 0. The van der Waals surface area contributed by atoms with Crippen molar-refractivity contribution < 1.29 is 22.7 Å². The van der Waals surface area contributed by atoms with E-state index in [4.69, 9.17) is 4.74 Å². The molecule has 0 saturated carbocycles. The van der Waals surface area contributed by atoms with Crippen LogP contribution in [0.5, 0.6) is 0 Å². The molecular formula is C17H18F3NO2S2. The van der Waals surface area contributed by atoms with Crippen molar-refractivity contribution in [2.75, 3.05) is 5.32 Å². The molecule has 1 aromatic heterocycles. The minimum atomic E-state index is -4.54. The fraction of sp³-hybridized carbons (Fsp3) is 0.353. The first-order chi connectivity index (χ1) is 11.5. The van der Waals surface area contributed by atoms with Crippen molar-refractivity contribution in [3.8, 4) is 11.1 Å². The second-order valence-corrected chi connectivity index (χ2v) is 7.67. The number of alkyl halides is 3. The molecule has 1 aromatic carbocycles. The summed E-state index contributed by atoms with van der Waals surface area (Å²) in [6, 6.07) is 8.14.